The Morgan fingerprint density at radius 3 is 0.871 bits per heavy atom. The lowest BCUT2D eigenvalue weighted by Crippen LogP contribution is -2.39. The molecule has 70 heavy (non-hydrogen) atoms. The first kappa shape index (κ1) is 66.1. The van der Waals surface area contributed by atoms with Crippen molar-refractivity contribution in [3.8, 4) is 0 Å². The number of amides is 1. The van der Waals surface area contributed by atoms with E-state index < -0.39 is 81.4 Å². The van der Waals surface area contributed by atoms with Gasteiger partial charge < -0.3 is 38.1 Å². The van der Waals surface area contributed by atoms with Crippen molar-refractivity contribution < 1.29 is 66.7 Å². The Balaban J connectivity index is 5.94. The fraction of sp³-hybridized carbons (Fsp3) is 0.873. The first-order valence-electron chi connectivity index (χ1n) is 26.6. The van der Waals surface area contributed by atoms with Crippen molar-refractivity contribution in [1.29, 1.82) is 0 Å². The lowest BCUT2D eigenvalue weighted by Gasteiger charge is -2.28. The third kappa shape index (κ3) is 29.4. The molecule has 1 amide bonds. The van der Waals surface area contributed by atoms with Gasteiger partial charge in [0.05, 0.1) is 21.7 Å². The zero-order chi connectivity index (χ0) is 53.6. The molecule has 408 valence electrons. The van der Waals surface area contributed by atoms with Crippen LogP contribution in [0.3, 0.4) is 0 Å². The Morgan fingerprint density at radius 2 is 0.643 bits per heavy atom. The van der Waals surface area contributed by atoms with Crippen LogP contribution in [0.1, 0.15) is 232 Å². The van der Waals surface area contributed by atoms with Crippen LogP contribution in [0.25, 0.3) is 0 Å². The van der Waals surface area contributed by atoms with E-state index in [-0.39, 0.29) is 65.2 Å². The molecule has 0 N–H and O–H groups in total. The van der Waals surface area contributed by atoms with Crippen LogP contribution in [-0.4, -0.2) is 104 Å². The van der Waals surface area contributed by atoms with Crippen molar-refractivity contribution in [3.05, 3.63) is 0 Å². The fourth-order valence-electron chi connectivity index (χ4n) is 7.30. The summed E-state index contributed by atoms with van der Waals surface area (Å²) in [5, 5.41) is 0. The number of rotatable bonds is 38. The van der Waals surface area contributed by atoms with Crippen molar-refractivity contribution in [2.24, 2.45) is 21.7 Å². The van der Waals surface area contributed by atoms with E-state index in [1.165, 1.54) is 4.90 Å². The van der Waals surface area contributed by atoms with Gasteiger partial charge in [0.15, 0.2) is 12.2 Å². The van der Waals surface area contributed by atoms with Crippen LogP contribution >= 0.6 is 0 Å². The lowest BCUT2D eigenvalue weighted by molar-refractivity contribution is -0.173. The smallest absolute Gasteiger partial charge is 0.410 e. The summed E-state index contributed by atoms with van der Waals surface area (Å²) in [6.45, 7) is 27.0. The first-order chi connectivity index (χ1) is 32.6. The van der Waals surface area contributed by atoms with Gasteiger partial charge in [0, 0.05) is 25.9 Å². The minimum absolute atomic E-state index is 0.0716. The second-order valence-corrected chi connectivity index (χ2v) is 22.7. The highest BCUT2D eigenvalue weighted by atomic mass is 16.6. The summed E-state index contributed by atoms with van der Waals surface area (Å²) in [5.74, 6) is -3.05. The van der Waals surface area contributed by atoms with Gasteiger partial charge >= 0.3 is 41.9 Å². The second-order valence-electron chi connectivity index (χ2n) is 22.7. The second kappa shape index (κ2) is 33.7. The van der Waals surface area contributed by atoms with Crippen LogP contribution in [-0.2, 0) is 61.9 Å². The summed E-state index contributed by atoms with van der Waals surface area (Å²) in [7, 11) is 0. The van der Waals surface area contributed by atoms with Crippen LogP contribution in [0.5, 0.6) is 0 Å². The average molecular weight is 998 g/mol. The Morgan fingerprint density at radius 1 is 0.386 bits per heavy atom. The SMILES string of the molecule is CCCCCC(C)(C)C(=O)OCC(COC(=O)C(C)(C)CCCCC)OC(=O)CCCN(CCCC(=O)OC(COC(=O)C(C)(C)CCCCC)COC(=O)C(C)(C)CCCCC)C(=O)OC(C)(C)C. The quantitative estimate of drug-likeness (QED) is 0.0323. The first-order valence-corrected chi connectivity index (χ1v) is 26.6. The van der Waals surface area contributed by atoms with Gasteiger partial charge in [-0.3, -0.25) is 28.8 Å². The van der Waals surface area contributed by atoms with Crippen molar-refractivity contribution >= 4 is 41.9 Å². The van der Waals surface area contributed by atoms with Gasteiger partial charge in [0.1, 0.15) is 32.0 Å². The molecule has 15 nitrogen and oxygen atoms in total. The van der Waals surface area contributed by atoms with E-state index >= 15 is 0 Å². The third-order valence-electron chi connectivity index (χ3n) is 12.3. The number of hydrogen-bond acceptors (Lipinski definition) is 14. The Kier molecular flexibility index (Phi) is 31.8. The molecule has 0 heterocycles. The number of hydrogen-bond donors (Lipinski definition) is 0. The van der Waals surface area contributed by atoms with Gasteiger partial charge in [0.25, 0.3) is 0 Å². The third-order valence-corrected chi connectivity index (χ3v) is 12.3. The molecule has 0 atom stereocenters. The molecular formula is C55H99NO14. The summed E-state index contributed by atoms with van der Waals surface area (Å²) in [6, 6.07) is 0. The zero-order valence-corrected chi connectivity index (χ0v) is 46.7. The average Bonchev–Trinajstić information content (AvgIpc) is 3.26. The molecule has 0 rings (SSSR count). The maximum atomic E-state index is 13.4. The number of nitrogens with zero attached hydrogens (tertiary/aromatic N) is 1. The number of unbranched alkanes of at least 4 members (excludes halogenated alkanes) is 8. The summed E-state index contributed by atoms with van der Waals surface area (Å²) in [6.07, 6.45) is 11.2. The summed E-state index contributed by atoms with van der Waals surface area (Å²) >= 11 is 0. The monoisotopic (exact) mass is 998 g/mol. The van der Waals surface area contributed by atoms with Gasteiger partial charge in [-0.25, -0.2) is 4.79 Å². The summed E-state index contributed by atoms with van der Waals surface area (Å²) < 4.78 is 39.8. The maximum Gasteiger partial charge on any atom is 0.410 e. The van der Waals surface area contributed by atoms with Crippen LogP contribution < -0.4 is 0 Å². The van der Waals surface area contributed by atoms with E-state index in [9.17, 15) is 33.6 Å². The highest BCUT2D eigenvalue weighted by Crippen LogP contribution is 2.29. The molecule has 15 heteroatoms. The molecule has 0 spiro atoms. The van der Waals surface area contributed by atoms with Gasteiger partial charge in [0.2, 0.25) is 0 Å². The Labute approximate surface area is 423 Å². The molecule has 0 bridgehead atoms. The molecular weight excluding hydrogens is 899 g/mol. The number of ether oxygens (including phenoxy) is 7. The number of esters is 6. The zero-order valence-electron chi connectivity index (χ0n) is 46.7. The highest BCUT2D eigenvalue weighted by molar-refractivity contribution is 5.78. The predicted molar refractivity (Wildman–Crippen MR) is 272 cm³/mol. The Hall–Kier alpha value is -3.91. The summed E-state index contributed by atoms with van der Waals surface area (Å²) in [4.78, 5) is 94.0. The topological polar surface area (TPSA) is 187 Å². The Bertz CT molecular complexity index is 1390. The summed E-state index contributed by atoms with van der Waals surface area (Å²) in [5.41, 5.74) is -3.87. The van der Waals surface area contributed by atoms with Crippen molar-refractivity contribution in [1.82, 2.24) is 4.90 Å². The minimum Gasteiger partial charge on any atom is -0.461 e. The van der Waals surface area contributed by atoms with Crippen LogP contribution in [0.2, 0.25) is 0 Å². The van der Waals surface area contributed by atoms with Crippen LogP contribution in [0.15, 0.2) is 0 Å². The lowest BCUT2D eigenvalue weighted by atomic mass is 9.87. The standard InChI is InChI=1S/C55H99NO14/c1-16-20-24-32-52(8,9)46(59)64-38-42(39-65-47(60)53(10,11)33-25-21-17-2)68-44(57)30-28-36-56(50(63)70-51(5,6)7)37-29-31-45(58)69-43(40-66-48(61)54(12,13)34-26-22-18-3)41-67-49(62)55(14,15)35-27-23-19-4/h42-43H,16-41H2,1-15H3. The molecule has 0 aromatic heterocycles. The normalized spacial score (nSPS) is 12.4. The molecule has 0 aromatic carbocycles. The van der Waals surface area contributed by atoms with E-state index in [0.717, 1.165) is 77.0 Å². The van der Waals surface area contributed by atoms with E-state index in [0.29, 0.717) is 25.7 Å². The number of carbonyl (C=O) groups excluding carboxylic acids is 7. The van der Waals surface area contributed by atoms with Crippen LogP contribution in [0, 0.1) is 21.7 Å². The van der Waals surface area contributed by atoms with Gasteiger partial charge in [-0.1, -0.05) is 105 Å². The van der Waals surface area contributed by atoms with Crippen molar-refractivity contribution in [2.75, 3.05) is 39.5 Å². The maximum absolute atomic E-state index is 13.4. The molecule has 0 fully saturated rings. The molecule has 0 aromatic rings. The molecule has 0 aliphatic heterocycles. The minimum atomic E-state index is -1.06. The van der Waals surface area contributed by atoms with E-state index in [2.05, 4.69) is 27.7 Å². The number of carbonyl (C=O) groups is 7. The van der Waals surface area contributed by atoms with Gasteiger partial charge in [-0.2, -0.15) is 0 Å². The van der Waals surface area contributed by atoms with Gasteiger partial charge in [-0.15, -0.1) is 0 Å². The van der Waals surface area contributed by atoms with E-state index in [1.807, 2.05) is 55.4 Å². The van der Waals surface area contributed by atoms with E-state index in [1.54, 1.807) is 20.8 Å². The van der Waals surface area contributed by atoms with Crippen molar-refractivity contribution in [3.63, 3.8) is 0 Å². The fourth-order valence-corrected chi connectivity index (χ4v) is 7.30. The van der Waals surface area contributed by atoms with Crippen LogP contribution in [0.4, 0.5) is 4.79 Å². The molecule has 0 unspecified atom stereocenters. The molecule has 0 radical (unpaired) electrons. The molecule has 0 saturated carbocycles. The largest absolute Gasteiger partial charge is 0.461 e. The molecule has 0 aliphatic rings. The molecule has 0 aliphatic carbocycles. The van der Waals surface area contributed by atoms with Crippen molar-refractivity contribution in [2.45, 2.75) is 250 Å². The predicted octanol–water partition coefficient (Wildman–Crippen LogP) is 12.2. The molecule has 0 saturated heterocycles. The highest BCUT2D eigenvalue weighted by Gasteiger charge is 2.35. The van der Waals surface area contributed by atoms with Gasteiger partial charge in [-0.05, 0) is 115 Å². The van der Waals surface area contributed by atoms with E-state index in [4.69, 9.17) is 33.2 Å².